The molecule has 0 spiro atoms. The topological polar surface area (TPSA) is 86.7 Å². The van der Waals surface area contributed by atoms with Crippen molar-refractivity contribution in [2.24, 2.45) is 5.92 Å². The van der Waals surface area contributed by atoms with Crippen molar-refractivity contribution in [1.82, 2.24) is 19.2 Å². The molecule has 0 unspecified atom stereocenters. The Balaban J connectivity index is 1.19. The van der Waals surface area contributed by atoms with Crippen molar-refractivity contribution in [3.05, 3.63) is 23.3 Å². The van der Waals surface area contributed by atoms with E-state index >= 15 is 0 Å². The summed E-state index contributed by atoms with van der Waals surface area (Å²) < 4.78 is 27.8. The van der Waals surface area contributed by atoms with Crippen molar-refractivity contribution >= 4 is 48.9 Å². The van der Waals surface area contributed by atoms with Crippen LogP contribution in [0.2, 0.25) is 0 Å². The van der Waals surface area contributed by atoms with Crippen molar-refractivity contribution in [2.45, 2.75) is 37.4 Å². The van der Waals surface area contributed by atoms with Crippen LogP contribution >= 0.6 is 11.3 Å². The standard InChI is InChI=1S/C22H27N5O3S2/c28-22(16-1-2-16)26-7-5-15(6-8-26)19-13-18-20(31-19)21(24-14-23-18)25-9-11-27(12-10-25)32(29,30)17-3-4-17/h5,13-14,16-17H,1-4,6-12H2. The monoisotopic (exact) mass is 473 g/mol. The molecule has 0 radical (unpaired) electrons. The highest BCUT2D eigenvalue weighted by Crippen LogP contribution is 2.38. The Morgan fingerprint density at radius 3 is 2.47 bits per heavy atom. The third kappa shape index (κ3) is 3.72. The highest BCUT2D eigenvalue weighted by atomic mass is 32.2. The molecule has 0 atom stereocenters. The number of thiophene rings is 1. The van der Waals surface area contributed by atoms with E-state index in [9.17, 15) is 13.2 Å². The SMILES string of the molecule is O=C(C1CC1)N1CC=C(c2cc3ncnc(N4CCN(S(=O)(=O)C5CC5)CC4)c3s2)CC1. The second-order valence-electron chi connectivity index (χ2n) is 9.19. The fraction of sp³-hybridized carbons (Fsp3) is 0.591. The summed E-state index contributed by atoms with van der Waals surface area (Å²) in [6.45, 7) is 3.79. The summed E-state index contributed by atoms with van der Waals surface area (Å²) in [6.07, 6.45) is 8.35. The van der Waals surface area contributed by atoms with E-state index in [0.29, 0.717) is 38.6 Å². The van der Waals surface area contributed by atoms with Crippen molar-refractivity contribution in [2.75, 3.05) is 44.2 Å². The zero-order chi connectivity index (χ0) is 21.9. The molecular formula is C22H27N5O3S2. The van der Waals surface area contributed by atoms with E-state index in [4.69, 9.17) is 0 Å². The van der Waals surface area contributed by atoms with Gasteiger partial charge in [-0.15, -0.1) is 11.3 Å². The van der Waals surface area contributed by atoms with E-state index < -0.39 is 10.0 Å². The lowest BCUT2D eigenvalue weighted by atomic mass is 10.1. The number of carbonyl (C=O) groups excluding carboxylic acids is 1. The van der Waals surface area contributed by atoms with Crippen LogP contribution in [0.25, 0.3) is 15.8 Å². The molecule has 4 aliphatic rings. The maximum absolute atomic E-state index is 12.5. The fourth-order valence-electron chi connectivity index (χ4n) is 4.64. The molecule has 0 bridgehead atoms. The highest BCUT2D eigenvalue weighted by molar-refractivity contribution is 7.90. The largest absolute Gasteiger partial charge is 0.353 e. The van der Waals surface area contributed by atoms with Gasteiger partial charge in [-0.3, -0.25) is 4.79 Å². The summed E-state index contributed by atoms with van der Waals surface area (Å²) in [7, 11) is -3.12. The van der Waals surface area contributed by atoms with Gasteiger partial charge in [0.25, 0.3) is 0 Å². The Hall–Kier alpha value is -2.04. The van der Waals surface area contributed by atoms with E-state index in [1.807, 2.05) is 4.90 Å². The Kier molecular flexibility index (Phi) is 5.00. The van der Waals surface area contributed by atoms with Crippen LogP contribution in [0.1, 0.15) is 37.0 Å². The maximum Gasteiger partial charge on any atom is 0.225 e. The molecule has 6 rings (SSSR count). The van der Waals surface area contributed by atoms with Crippen LogP contribution in [0.3, 0.4) is 0 Å². The lowest BCUT2D eigenvalue weighted by molar-refractivity contribution is -0.132. The van der Waals surface area contributed by atoms with Gasteiger partial charge in [-0.25, -0.2) is 18.4 Å². The lowest BCUT2D eigenvalue weighted by Gasteiger charge is -2.34. The summed E-state index contributed by atoms with van der Waals surface area (Å²) in [4.78, 5) is 26.7. The minimum absolute atomic E-state index is 0.154. The number of sulfonamides is 1. The van der Waals surface area contributed by atoms with Crippen molar-refractivity contribution in [3.8, 4) is 0 Å². The Bertz CT molecular complexity index is 1190. The number of piperazine rings is 1. The predicted octanol–water partition coefficient (Wildman–Crippen LogP) is 2.33. The Morgan fingerprint density at radius 2 is 1.81 bits per heavy atom. The Labute approximate surface area is 192 Å². The molecule has 170 valence electrons. The normalized spacial score (nSPS) is 22.9. The molecule has 2 aliphatic carbocycles. The van der Waals surface area contributed by atoms with Crippen molar-refractivity contribution in [1.29, 1.82) is 0 Å². The molecule has 4 heterocycles. The fourth-order valence-corrected chi connectivity index (χ4v) is 7.66. The van der Waals surface area contributed by atoms with E-state index in [1.54, 1.807) is 22.0 Å². The molecule has 3 fully saturated rings. The molecule has 8 nitrogen and oxygen atoms in total. The van der Waals surface area contributed by atoms with Crippen LogP contribution in [0.4, 0.5) is 5.82 Å². The summed E-state index contributed by atoms with van der Waals surface area (Å²) in [5.41, 5.74) is 2.21. The molecule has 0 N–H and O–H groups in total. The van der Waals surface area contributed by atoms with Gasteiger partial charge in [0, 0.05) is 50.1 Å². The molecule has 1 saturated heterocycles. The average molecular weight is 474 g/mol. The number of hydrogen-bond donors (Lipinski definition) is 0. The number of amides is 1. The molecule has 32 heavy (non-hydrogen) atoms. The molecular weight excluding hydrogens is 446 g/mol. The van der Waals surface area contributed by atoms with Gasteiger partial charge in [0.1, 0.15) is 12.1 Å². The minimum atomic E-state index is -3.12. The summed E-state index contributed by atoms with van der Waals surface area (Å²) in [5.74, 6) is 1.48. The molecule has 2 saturated carbocycles. The second-order valence-corrected chi connectivity index (χ2v) is 12.5. The zero-order valence-electron chi connectivity index (χ0n) is 17.9. The summed E-state index contributed by atoms with van der Waals surface area (Å²) >= 11 is 1.70. The van der Waals surface area contributed by atoms with Crippen LogP contribution in [0.15, 0.2) is 18.5 Å². The van der Waals surface area contributed by atoms with Crippen molar-refractivity contribution < 1.29 is 13.2 Å². The third-order valence-corrected chi connectivity index (χ3v) is 10.5. The van der Waals surface area contributed by atoms with Crippen LogP contribution < -0.4 is 4.90 Å². The first-order valence-corrected chi connectivity index (χ1v) is 13.8. The van der Waals surface area contributed by atoms with Gasteiger partial charge in [0.05, 0.1) is 15.5 Å². The Morgan fingerprint density at radius 1 is 1.03 bits per heavy atom. The first-order valence-electron chi connectivity index (χ1n) is 11.5. The molecule has 2 aliphatic heterocycles. The second kappa shape index (κ2) is 7.78. The lowest BCUT2D eigenvalue weighted by Crippen LogP contribution is -2.49. The van der Waals surface area contributed by atoms with Crippen molar-refractivity contribution in [3.63, 3.8) is 0 Å². The predicted molar refractivity (Wildman–Crippen MR) is 125 cm³/mol. The molecule has 2 aromatic rings. The number of fused-ring (bicyclic) bond motifs is 1. The van der Waals surface area contributed by atoms with Gasteiger partial charge in [-0.1, -0.05) is 6.08 Å². The van der Waals surface area contributed by atoms with E-state index in [2.05, 4.69) is 27.0 Å². The quantitative estimate of drug-likeness (QED) is 0.663. The minimum Gasteiger partial charge on any atom is -0.353 e. The van der Waals surface area contributed by atoms with Crippen LogP contribution in [0, 0.1) is 5.92 Å². The van der Waals surface area contributed by atoms with Gasteiger partial charge in [0.2, 0.25) is 15.9 Å². The van der Waals surface area contributed by atoms with Crippen LogP contribution in [-0.4, -0.2) is 78.0 Å². The average Bonchev–Trinajstić information content (AvgIpc) is 3.74. The van der Waals surface area contributed by atoms with E-state index in [0.717, 1.165) is 54.7 Å². The van der Waals surface area contributed by atoms with Gasteiger partial charge in [-0.2, -0.15) is 4.31 Å². The molecule has 2 aromatic heterocycles. The maximum atomic E-state index is 12.5. The smallest absolute Gasteiger partial charge is 0.225 e. The van der Waals surface area contributed by atoms with Crippen LogP contribution in [0.5, 0.6) is 0 Å². The van der Waals surface area contributed by atoms with E-state index in [1.165, 1.54) is 10.5 Å². The third-order valence-electron chi connectivity index (χ3n) is 6.90. The van der Waals surface area contributed by atoms with Crippen LogP contribution in [-0.2, 0) is 14.8 Å². The summed E-state index contributed by atoms with van der Waals surface area (Å²) in [6, 6.07) is 2.13. The number of nitrogens with zero attached hydrogens (tertiary/aromatic N) is 5. The van der Waals surface area contributed by atoms with Gasteiger partial charge in [-0.05, 0) is 43.7 Å². The van der Waals surface area contributed by atoms with Gasteiger partial charge in [0.15, 0.2) is 0 Å². The number of anilines is 1. The summed E-state index contributed by atoms with van der Waals surface area (Å²) in [5, 5.41) is -0.154. The van der Waals surface area contributed by atoms with E-state index in [-0.39, 0.29) is 11.2 Å². The zero-order valence-corrected chi connectivity index (χ0v) is 19.6. The number of rotatable bonds is 5. The first-order chi connectivity index (χ1) is 15.5. The molecule has 0 aromatic carbocycles. The first kappa shape index (κ1) is 20.6. The highest BCUT2D eigenvalue weighted by Gasteiger charge is 2.41. The number of aromatic nitrogens is 2. The molecule has 10 heteroatoms. The number of hydrogen-bond acceptors (Lipinski definition) is 7. The number of carbonyl (C=O) groups is 1. The van der Waals surface area contributed by atoms with Gasteiger partial charge >= 0.3 is 0 Å². The van der Waals surface area contributed by atoms with Gasteiger partial charge < -0.3 is 9.80 Å². The molecule has 1 amide bonds.